The molecule has 5 heteroatoms. The number of ether oxygens (including phenoxy) is 1. The van der Waals surface area contributed by atoms with Crippen molar-refractivity contribution in [3.8, 4) is 0 Å². The Balaban J connectivity index is 3.12. The van der Waals surface area contributed by atoms with Crippen LogP contribution >= 0.6 is 0 Å². The number of nitrogens with one attached hydrogen (secondary N) is 1. The number of rotatable bonds is 6. The van der Waals surface area contributed by atoms with Crippen molar-refractivity contribution in [3.05, 3.63) is 35.2 Å². The van der Waals surface area contributed by atoms with E-state index in [-0.39, 0.29) is 12.3 Å². The average Bonchev–Trinajstić information content (AvgIpc) is 2.60. The van der Waals surface area contributed by atoms with Crippen molar-refractivity contribution >= 4 is 11.8 Å². The Morgan fingerprint density at radius 1 is 1.42 bits per heavy atom. The Labute approximate surface area is 113 Å². The van der Waals surface area contributed by atoms with Crippen LogP contribution in [-0.4, -0.2) is 36.5 Å². The molecule has 0 aliphatic rings. The van der Waals surface area contributed by atoms with E-state index in [0.29, 0.717) is 23.4 Å². The number of hydrogen-bond acceptors (Lipinski definition) is 4. The van der Waals surface area contributed by atoms with Gasteiger partial charge in [-0.1, -0.05) is 6.08 Å². The van der Waals surface area contributed by atoms with Gasteiger partial charge in [-0.25, -0.2) is 4.79 Å². The fraction of sp³-hybridized carbons (Fsp3) is 0.429. The second-order valence-corrected chi connectivity index (χ2v) is 4.33. The molecule has 0 amide bonds. The number of Topliss-reactive ketones (excluding diaryl/α,β-unsaturated/α-hetero) is 1. The van der Waals surface area contributed by atoms with Crippen molar-refractivity contribution in [2.75, 3.05) is 20.2 Å². The van der Waals surface area contributed by atoms with Crippen LogP contribution in [0.5, 0.6) is 0 Å². The van der Waals surface area contributed by atoms with Crippen LogP contribution in [0.2, 0.25) is 0 Å². The zero-order chi connectivity index (χ0) is 14.6. The lowest BCUT2D eigenvalue weighted by Crippen LogP contribution is -2.23. The van der Waals surface area contributed by atoms with E-state index in [9.17, 15) is 9.59 Å². The Hall–Kier alpha value is -1.88. The molecule has 1 heterocycles. The Kier molecular flexibility index (Phi) is 5.06. The predicted octanol–water partition coefficient (Wildman–Crippen LogP) is 1.39. The van der Waals surface area contributed by atoms with Crippen LogP contribution in [0.25, 0.3) is 0 Å². The summed E-state index contributed by atoms with van der Waals surface area (Å²) in [6.07, 6.45) is 1.69. The van der Waals surface area contributed by atoms with E-state index in [4.69, 9.17) is 4.74 Å². The molecule has 19 heavy (non-hydrogen) atoms. The van der Waals surface area contributed by atoms with Crippen molar-refractivity contribution in [2.24, 2.45) is 7.05 Å². The van der Waals surface area contributed by atoms with E-state index in [0.717, 1.165) is 5.69 Å². The molecule has 0 fully saturated rings. The van der Waals surface area contributed by atoms with Gasteiger partial charge >= 0.3 is 5.97 Å². The Morgan fingerprint density at radius 2 is 2.05 bits per heavy atom. The van der Waals surface area contributed by atoms with E-state index in [1.807, 2.05) is 6.92 Å². The minimum atomic E-state index is -0.429. The zero-order valence-electron chi connectivity index (χ0n) is 11.9. The number of carbonyl (C=O) groups excluding carboxylic acids is 2. The van der Waals surface area contributed by atoms with Crippen LogP contribution in [0, 0.1) is 13.8 Å². The highest BCUT2D eigenvalue weighted by molar-refractivity contribution is 6.03. The fourth-order valence-electron chi connectivity index (χ4n) is 2.15. The minimum Gasteiger partial charge on any atom is -0.464 e. The molecule has 1 aromatic heterocycles. The van der Waals surface area contributed by atoms with Gasteiger partial charge in [0.2, 0.25) is 0 Å². The van der Waals surface area contributed by atoms with Gasteiger partial charge in [-0.05, 0) is 19.4 Å². The maximum Gasteiger partial charge on any atom is 0.354 e. The summed E-state index contributed by atoms with van der Waals surface area (Å²) >= 11 is 0. The second kappa shape index (κ2) is 6.33. The molecular formula is C14H20N2O3. The van der Waals surface area contributed by atoms with Crippen LogP contribution in [0.3, 0.4) is 0 Å². The summed E-state index contributed by atoms with van der Waals surface area (Å²) in [5, 5.41) is 2.97. The van der Waals surface area contributed by atoms with Crippen LogP contribution in [0.4, 0.5) is 0 Å². The molecule has 0 saturated heterocycles. The van der Waals surface area contributed by atoms with Gasteiger partial charge in [0.15, 0.2) is 5.78 Å². The van der Waals surface area contributed by atoms with Crippen LogP contribution in [-0.2, 0) is 11.8 Å². The summed E-state index contributed by atoms with van der Waals surface area (Å²) in [6.45, 7) is 7.95. The summed E-state index contributed by atoms with van der Waals surface area (Å²) in [7, 11) is 3.08. The number of hydrogen-bond donors (Lipinski definition) is 1. The third-order valence-electron chi connectivity index (χ3n) is 3.16. The lowest BCUT2D eigenvalue weighted by Gasteiger charge is -2.03. The zero-order valence-corrected chi connectivity index (χ0v) is 11.9. The monoisotopic (exact) mass is 264 g/mol. The molecule has 0 aliphatic heterocycles. The summed E-state index contributed by atoms with van der Waals surface area (Å²) in [6, 6.07) is 0. The molecule has 104 valence electrons. The molecule has 0 aromatic carbocycles. The largest absolute Gasteiger partial charge is 0.464 e. The first-order valence-corrected chi connectivity index (χ1v) is 6.04. The number of esters is 1. The minimum absolute atomic E-state index is 0.0393. The van der Waals surface area contributed by atoms with Gasteiger partial charge < -0.3 is 14.6 Å². The van der Waals surface area contributed by atoms with Gasteiger partial charge in [0, 0.05) is 24.8 Å². The highest BCUT2D eigenvalue weighted by Gasteiger charge is 2.24. The third-order valence-corrected chi connectivity index (χ3v) is 3.16. The van der Waals surface area contributed by atoms with Crippen molar-refractivity contribution in [3.63, 3.8) is 0 Å². The molecule has 1 aromatic rings. The second-order valence-electron chi connectivity index (χ2n) is 4.33. The fourth-order valence-corrected chi connectivity index (χ4v) is 2.15. The van der Waals surface area contributed by atoms with Crippen molar-refractivity contribution in [1.82, 2.24) is 9.88 Å². The van der Waals surface area contributed by atoms with Crippen LogP contribution < -0.4 is 5.32 Å². The SMILES string of the molecule is C=CCNCC(=O)c1c(C)c(C(=O)OC)n(C)c1C. The third kappa shape index (κ3) is 2.93. The number of ketones is 1. The number of nitrogens with zero attached hydrogens (tertiary/aromatic N) is 1. The lowest BCUT2D eigenvalue weighted by molar-refractivity contribution is 0.0588. The molecular weight excluding hydrogens is 244 g/mol. The van der Waals surface area contributed by atoms with Crippen molar-refractivity contribution < 1.29 is 14.3 Å². The quantitative estimate of drug-likeness (QED) is 0.365. The highest BCUT2D eigenvalue weighted by Crippen LogP contribution is 2.22. The predicted molar refractivity (Wildman–Crippen MR) is 73.6 cm³/mol. The van der Waals surface area contributed by atoms with Crippen LogP contribution in [0.1, 0.15) is 32.1 Å². The standard InChI is InChI=1S/C14H20N2O3/c1-6-7-15-8-11(17)12-9(2)13(14(18)19-5)16(4)10(12)3/h6,15H,1,7-8H2,2-5H3. The van der Waals surface area contributed by atoms with E-state index < -0.39 is 5.97 Å². The first kappa shape index (κ1) is 15.2. The Morgan fingerprint density at radius 3 is 2.58 bits per heavy atom. The van der Waals surface area contributed by atoms with Gasteiger partial charge in [-0.3, -0.25) is 4.79 Å². The van der Waals surface area contributed by atoms with E-state index >= 15 is 0 Å². The first-order chi connectivity index (χ1) is 8.95. The summed E-state index contributed by atoms with van der Waals surface area (Å²) in [5.41, 5.74) is 2.44. The molecule has 0 aliphatic carbocycles. The molecule has 0 saturated carbocycles. The topological polar surface area (TPSA) is 60.3 Å². The van der Waals surface area contributed by atoms with Crippen molar-refractivity contribution in [1.29, 1.82) is 0 Å². The molecule has 0 spiro atoms. The maximum absolute atomic E-state index is 12.2. The maximum atomic E-state index is 12.2. The smallest absolute Gasteiger partial charge is 0.354 e. The normalized spacial score (nSPS) is 10.3. The molecule has 1 rings (SSSR count). The van der Waals surface area contributed by atoms with Crippen molar-refractivity contribution in [2.45, 2.75) is 13.8 Å². The van der Waals surface area contributed by atoms with Crippen LogP contribution in [0.15, 0.2) is 12.7 Å². The summed E-state index contributed by atoms with van der Waals surface area (Å²) < 4.78 is 6.44. The van der Waals surface area contributed by atoms with E-state index in [1.54, 1.807) is 24.6 Å². The van der Waals surface area contributed by atoms with E-state index in [1.165, 1.54) is 7.11 Å². The van der Waals surface area contributed by atoms with Gasteiger partial charge in [0.25, 0.3) is 0 Å². The highest BCUT2D eigenvalue weighted by atomic mass is 16.5. The van der Waals surface area contributed by atoms with Gasteiger partial charge in [-0.2, -0.15) is 0 Å². The molecule has 5 nitrogen and oxygen atoms in total. The summed E-state index contributed by atoms with van der Waals surface area (Å²) in [5.74, 6) is -0.469. The van der Waals surface area contributed by atoms with Gasteiger partial charge in [0.05, 0.1) is 13.7 Å². The lowest BCUT2D eigenvalue weighted by atomic mass is 10.1. The first-order valence-electron chi connectivity index (χ1n) is 6.04. The average molecular weight is 264 g/mol. The molecule has 1 N–H and O–H groups in total. The number of aromatic nitrogens is 1. The molecule has 0 bridgehead atoms. The van der Waals surface area contributed by atoms with Gasteiger partial charge in [-0.15, -0.1) is 6.58 Å². The van der Waals surface area contributed by atoms with Gasteiger partial charge in [0.1, 0.15) is 5.69 Å². The number of methoxy groups -OCH3 is 1. The summed E-state index contributed by atoms with van der Waals surface area (Å²) in [4.78, 5) is 23.9. The molecule has 0 radical (unpaired) electrons. The Bertz CT molecular complexity index is 515. The number of carbonyl (C=O) groups is 2. The molecule has 0 atom stereocenters. The van der Waals surface area contributed by atoms with E-state index in [2.05, 4.69) is 11.9 Å². The molecule has 0 unspecified atom stereocenters.